The molecule has 3 atom stereocenters. The minimum Gasteiger partial charge on any atom is -0.431 e. The van der Waals surface area contributed by atoms with Gasteiger partial charge in [-0.2, -0.15) is 5.10 Å². The quantitative estimate of drug-likeness (QED) is 0.0665. The van der Waals surface area contributed by atoms with Crippen LogP contribution >= 0.6 is 23.1 Å². The number of thioether (sulfide) groups is 1. The van der Waals surface area contributed by atoms with Gasteiger partial charge in [0.05, 0.1) is 12.3 Å². The number of nitrogens with zero attached hydrogens (tertiary/aromatic N) is 5. The van der Waals surface area contributed by atoms with Crippen molar-refractivity contribution < 1.29 is 38.2 Å². The van der Waals surface area contributed by atoms with Crippen molar-refractivity contribution in [3.05, 3.63) is 22.3 Å². The lowest BCUT2D eigenvalue weighted by molar-refractivity contribution is -0.169. The van der Waals surface area contributed by atoms with E-state index in [4.69, 9.17) is 30.5 Å². The maximum absolute atomic E-state index is 13.3. The van der Waals surface area contributed by atoms with Gasteiger partial charge >= 0.3 is 12.1 Å². The summed E-state index contributed by atoms with van der Waals surface area (Å²) >= 11 is 2.36. The molecule has 0 aromatic carbocycles. The number of oxime groups is 1. The summed E-state index contributed by atoms with van der Waals surface area (Å²) in [6.07, 6.45) is -1.55. The number of carbonyl (C=O) groups excluding carboxylic acids is 4. The van der Waals surface area contributed by atoms with Gasteiger partial charge in [-0.25, -0.2) is 20.0 Å². The Morgan fingerprint density at radius 2 is 1.98 bits per heavy atom. The summed E-state index contributed by atoms with van der Waals surface area (Å²) in [5.74, 6) is -2.13. The van der Waals surface area contributed by atoms with Crippen LogP contribution in [-0.4, -0.2) is 95.4 Å². The second-order valence-corrected chi connectivity index (χ2v) is 10.4. The number of hydrazone groups is 1. The van der Waals surface area contributed by atoms with Gasteiger partial charge in [-0.3, -0.25) is 19.5 Å². The number of amides is 2. The fourth-order valence-corrected chi connectivity index (χ4v) is 5.29. The summed E-state index contributed by atoms with van der Waals surface area (Å²) in [7, 11) is 2.70. The molecule has 2 unspecified atom stereocenters. The number of β-lactam (4-membered cyclic amide) rings is 1. The number of carbonyl (C=O) groups is 4. The normalized spacial score (nSPS) is 19.9. The van der Waals surface area contributed by atoms with Crippen LogP contribution in [0.5, 0.6) is 0 Å². The number of anilines is 1. The molecule has 0 bridgehead atoms. The Morgan fingerprint density at radius 3 is 2.59 bits per heavy atom. The van der Waals surface area contributed by atoms with Crippen molar-refractivity contribution in [3.8, 4) is 0 Å². The molecule has 1 aromatic rings. The lowest BCUT2D eigenvalue weighted by atomic mass is 10.0. The first-order valence-corrected chi connectivity index (χ1v) is 13.8. The molecule has 1 aromatic heterocycles. The van der Waals surface area contributed by atoms with Gasteiger partial charge in [-0.05, 0) is 13.8 Å². The third kappa shape index (κ3) is 7.63. The number of aliphatic imine (C=N–C) groups is 1. The van der Waals surface area contributed by atoms with Crippen LogP contribution in [0.1, 0.15) is 26.5 Å². The van der Waals surface area contributed by atoms with Gasteiger partial charge in [0.1, 0.15) is 29.9 Å². The van der Waals surface area contributed by atoms with E-state index in [0.717, 1.165) is 16.2 Å². The highest BCUT2D eigenvalue weighted by Gasteiger charge is 2.55. The number of nitrogen functional groups attached to an aromatic ring is 1. The molecule has 0 aliphatic carbocycles. The number of thiazole rings is 1. The average Bonchev–Trinajstić information content (AvgIpc) is 3.34. The van der Waals surface area contributed by atoms with E-state index >= 15 is 0 Å². The first-order valence-electron chi connectivity index (χ1n) is 11.9. The Balaban J connectivity index is 1.82. The summed E-state index contributed by atoms with van der Waals surface area (Å²) < 4.78 is 15.1. The van der Waals surface area contributed by atoms with Crippen LogP contribution in [-0.2, 0) is 33.4 Å². The van der Waals surface area contributed by atoms with Crippen LogP contribution < -0.4 is 22.2 Å². The predicted molar refractivity (Wildman–Crippen MR) is 150 cm³/mol. The second-order valence-electron chi connectivity index (χ2n) is 8.41. The number of fused-ring (bicyclic) bond motifs is 1. The van der Waals surface area contributed by atoms with Crippen molar-refractivity contribution in [3.63, 3.8) is 0 Å². The number of esters is 1. The molecule has 3 rings (SSSR count). The number of hydrogen-bond donors (Lipinski definition) is 4. The van der Waals surface area contributed by atoms with E-state index in [-0.39, 0.29) is 33.9 Å². The zero-order chi connectivity index (χ0) is 30.3. The molecule has 1 fully saturated rings. The summed E-state index contributed by atoms with van der Waals surface area (Å²) in [6.45, 7) is 4.56. The highest BCUT2D eigenvalue weighted by atomic mass is 32.2. The number of aromatic nitrogens is 1. The third-order valence-electron chi connectivity index (χ3n) is 5.15. The van der Waals surface area contributed by atoms with Gasteiger partial charge in [0.2, 0.25) is 12.2 Å². The monoisotopic (exact) mass is 611 g/mol. The topological polar surface area (TPSA) is 235 Å². The van der Waals surface area contributed by atoms with Crippen molar-refractivity contribution in [1.29, 1.82) is 0 Å². The highest BCUT2D eigenvalue weighted by Crippen LogP contribution is 2.40. The van der Waals surface area contributed by atoms with E-state index in [2.05, 4.69) is 31.0 Å². The van der Waals surface area contributed by atoms with Crippen LogP contribution in [0.15, 0.2) is 31.9 Å². The van der Waals surface area contributed by atoms with E-state index < -0.39 is 47.7 Å². The molecular formula is C22H29N9O8S2. The van der Waals surface area contributed by atoms with Crippen LogP contribution in [0.25, 0.3) is 0 Å². The number of guanidine groups is 1. The van der Waals surface area contributed by atoms with E-state index in [1.807, 2.05) is 0 Å². The summed E-state index contributed by atoms with van der Waals surface area (Å²) in [5.41, 5.74) is 13.8. The van der Waals surface area contributed by atoms with Crippen molar-refractivity contribution in [2.45, 2.75) is 44.6 Å². The van der Waals surface area contributed by atoms with Crippen molar-refractivity contribution in [2.75, 3.05) is 25.6 Å². The number of ether oxygens (including phenoxy) is 3. The molecule has 0 saturated carbocycles. The first kappa shape index (κ1) is 31.1. The third-order valence-corrected chi connectivity index (χ3v) is 7.12. The Bertz CT molecular complexity index is 1310. The van der Waals surface area contributed by atoms with Crippen LogP contribution in [0, 0.1) is 0 Å². The average molecular weight is 612 g/mol. The molecule has 41 heavy (non-hydrogen) atoms. The van der Waals surface area contributed by atoms with Gasteiger partial charge in [-0.1, -0.05) is 5.16 Å². The number of nitrogens with two attached hydrogens (primary N) is 2. The molecule has 1 saturated heterocycles. The largest absolute Gasteiger partial charge is 0.511 e. The summed E-state index contributed by atoms with van der Waals surface area (Å²) in [5, 5.41) is 11.3. The van der Waals surface area contributed by atoms with E-state index in [0.29, 0.717) is 5.57 Å². The SMILES string of the molecule is CN=C(N)N/N=C\C1=C(C(=O)OC(C)OC(=O)OC(C)C)N2C(=O)C(NC(=O)C(=NOC)c3csc(N)n3)[C@H]2SC1. The van der Waals surface area contributed by atoms with Crippen LogP contribution in [0.4, 0.5) is 9.93 Å². The van der Waals surface area contributed by atoms with Gasteiger partial charge in [0.25, 0.3) is 11.8 Å². The van der Waals surface area contributed by atoms with Gasteiger partial charge in [-0.15, -0.1) is 23.1 Å². The first-order chi connectivity index (χ1) is 19.5. The minimum atomic E-state index is -1.35. The molecule has 2 aliphatic rings. The lowest BCUT2D eigenvalue weighted by Crippen LogP contribution is -2.71. The van der Waals surface area contributed by atoms with Gasteiger partial charge < -0.3 is 35.8 Å². The Kier molecular flexibility index (Phi) is 10.5. The second kappa shape index (κ2) is 13.8. The maximum Gasteiger partial charge on any atom is 0.511 e. The van der Waals surface area contributed by atoms with Gasteiger partial charge in [0, 0.05) is 30.7 Å². The molecular weight excluding hydrogens is 582 g/mol. The number of hydrogen-bond acceptors (Lipinski definition) is 15. The number of nitrogens with one attached hydrogen (secondary N) is 2. The molecule has 2 aliphatic heterocycles. The maximum atomic E-state index is 13.3. The zero-order valence-corrected chi connectivity index (χ0v) is 24.3. The lowest BCUT2D eigenvalue weighted by Gasteiger charge is -2.49. The fraction of sp³-hybridized carbons (Fsp3) is 0.455. The van der Waals surface area contributed by atoms with E-state index in [9.17, 15) is 19.2 Å². The minimum absolute atomic E-state index is 0.0104. The number of rotatable bonds is 10. The molecule has 19 heteroatoms. The van der Waals surface area contributed by atoms with Crippen LogP contribution in [0.3, 0.4) is 0 Å². The Hall–Kier alpha value is -4.39. The standard InChI is InChI=1S/C22H29N9O8S2/c1-9(2)37-22(35)39-10(3)38-19(34)15-11(6-26-29-20(23)25-4)7-40-18-14(17(33)31(15)18)28-16(32)13(30-36-5)12-8-41-21(24)27-12/h6,8-10,14,18H,7H2,1-5H3,(H2,24,27)(H,28,32)(H3,23,25,29)/b26-6-,30-13?/t10?,14?,18-/m1/s1. The molecule has 222 valence electrons. The molecule has 2 amide bonds. The predicted octanol–water partition coefficient (Wildman–Crippen LogP) is -0.299. The van der Waals surface area contributed by atoms with E-state index in [1.54, 1.807) is 13.8 Å². The summed E-state index contributed by atoms with van der Waals surface area (Å²) in [4.78, 5) is 65.0. The highest BCUT2D eigenvalue weighted by molar-refractivity contribution is 8.00. The molecule has 6 N–H and O–H groups in total. The zero-order valence-electron chi connectivity index (χ0n) is 22.6. The Morgan fingerprint density at radius 1 is 1.24 bits per heavy atom. The Labute approximate surface area is 242 Å². The summed E-state index contributed by atoms with van der Waals surface area (Å²) in [6, 6.07) is -1.03. The van der Waals surface area contributed by atoms with Gasteiger partial charge in [0.15, 0.2) is 10.8 Å². The molecule has 0 radical (unpaired) electrons. The molecule has 17 nitrogen and oxygen atoms in total. The van der Waals surface area contributed by atoms with Crippen molar-refractivity contribution in [1.82, 2.24) is 20.6 Å². The fourth-order valence-electron chi connectivity index (χ4n) is 3.45. The molecule has 0 spiro atoms. The van der Waals surface area contributed by atoms with Crippen molar-refractivity contribution in [2.24, 2.45) is 21.0 Å². The smallest absolute Gasteiger partial charge is 0.431 e. The molecule has 3 heterocycles. The van der Waals surface area contributed by atoms with Crippen LogP contribution in [0.2, 0.25) is 0 Å². The van der Waals surface area contributed by atoms with E-state index in [1.165, 1.54) is 44.4 Å². The van der Waals surface area contributed by atoms with Crippen molar-refractivity contribution >= 4 is 70.1 Å².